The number of ether oxygens (including phenoxy) is 3. The molecule has 0 amide bonds. The first-order valence-corrected chi connectivity index (χ1v) is 9.88. The highest BCUT2D eigenvalue weighted by molar-refractivity contribution is 5.88. The van der Waals surface area contributed by atoms with Crippen molar-refractivity contribution in [3.63, 3.8) is 0 Å². The van der Waals surface area contributed by atoms with Crippen LogP contribution in [0.25, 0.3) is 22.3 Å². The molecule has 11 nitrogen and oxygen atoms in total. The highest BCUT2D eigenvalue weighted by Gasteiger charge is 2.43. The molecule has 1 saturated heterocycles. The molecule has 1 aliphatic heterocycles. The van der Waals surface area contributed by atoms with Crippen LogP contribution in [0.15, 0.2) is 39.5 Å². The van der Waals surface area contributed by atoms with Gasteiger partial charge in [0.2, 0.25) is 17.5 Å². The van der Waals surface area contributed by atoms with Crippen LogP contribution in [0.5, 0.6) is 28.7 Å². The van der Waals surface area contributed by atoms with Crippen LogP contribution >= 0.6 is 0 Å². The van der Waals surface area contributed by atoms with Gasteiger partial charge in [-0.1, -0.05) is 0 Å². The number of aromatic hydroxyl groups is 3. The summed E-state index contributed by atoms with van der Waals surface area (Å²) in [6, 6.07) is 6.31. The quantitative estimate of drug-likeness (QED) is 0.323. The Morgan fingerprint density at radius 3 is 2.36 bits per heavy atom. The lowest BCUT2D eigenvalue weighted by molar-refractivity contribution is -0.268. The van der Waals surface area contributed by atoms with Gasteiger partial charge in [0.05, 0.1) is 13.2 Å². The van der Waals surface area contributed by atoms with Crippen molar-refractivity contribution in [2.24, 2.45) is 0 Å². The summed E-state index contributed by atoms with van der Waals surface area (Å²) in [6.45, 7) is 1.48. The highest BCUT2D eigenvalue weighted by Crippen LogP contribution is 2.38. The Hall–Kier alpha value is -3.51. The maximum Gasteiger partial charge on any atom is 0.238 e. The largest absolute Gasteiger partial charge is 0.507 e. The number of benzene rings is 2. The zero-order valence-electron chi connectivity index (χ0n) is 17.5. The smallest absolute Gasteiger partial charge is 0.238 e. The van der Waals surface area contributed by atoms with E-state index in [1.165, 1.54) is 38.3 Å². The molecule has 1 aliphatic rings. The lowest BCUT2D eigenvalue weighted by Gasteiger charge is -2.38. The number of fused-ring (bicyclic) bond motifs is 1. The SMILES string of the molecule is COc1cc(-c2oc3cc(OC4OC(C)C(O)C(O)C4O)cc(O)c3c(=O)c2O)ccc1O. The number of phenolic OH excluding ortho intramolecular Hbond substituents is 2. The van der Waals surface area contributed by atoms with Gasteiger partial charge in [0.1, 0.15) is 40.8 Å². The third kappa shape index (κ3) is 3.91. The van der Waals surface area contributed by atoms with Crippen LogP contribution in [-0.2, 0) is 4.74 Å². The molecule has 6 N–H and O–H groups in total. The summed E-state index contributed by atoms with van der Waals surface area (Å²) in [5.74, 6) is -1.75. The van der Waals surface area contributed by atoms with E-state index in [1.54, 1.807) is 0 Å². The van der Waals surface area contributed by atoms with Gasteiger partial charge >= 0.3 is 0 Å². The van der Waals surface area contributed by atoms with Crippen molar-refractivity contribution in [3.05, 3.63) is 40.6 Å². The first-order chi connectivity index (χ1) is 15.6. The predicted octanol–water partition coefficient (Wildman–Crippen LogP) is 0.792. The molecule has 0 radical (unpaired) electrons. The van der Waals surface area contributed by atoms with Crippen molar-refractivity contribution in [1.82, 2.24) is 0 Å². The Balaban J connectivity index is 1.78. The zero-order chi connectivity index (χ0) is 24.0. The lowest BCUT2D eigenvalue weighted by Crippen LogP contribution is -2.58. The van der Waals surface area contributed by atoms with E-state index in [9.17, 15) is 35.4 Å². The second kappa shape index (κ2) is 8.45. The molecule has 0 spiro atoms. The van der Waals surface area contributed by atoms with Gasteiger partial charge in [0, 0.05) is 17.7 Å². The summed E-state index contributed by atoms with van der Waals surface area (Å²) in [5.41, 5.74) is -0.860. The second-order valence-corrected chi connectivity index (χ2v) is 7.61. The average Bonchev–Trinajstić information content (AvgIpc) is 2.78. The predicted molar refractivity (Wildman–Crippen MR) is 112 cm³/mol. The van der Waals surface area contributed by atoms with Gasteiger partial charge in [0.15, 0.2) is 17.3 Å². The first-order valence-electron chi connectivity index (χ1n) is 9.88. The van der Waals surface area contributed by atoms with Gasteiger partial charge in [0.25, 0.3) is 0 Å². The Kier molecular flexibility index (Phi) is 5.80. The van der Waals surface area contributed by atoms with E-state index in [-0.39, 0.29) is 39.5 Å². The Morgan fingerprint density at radius 2 is 1.67 bits per heavy atom. The molecule has 11 heteroatoms. The van der Waals surface area contributed by atoms with Crippen LogP contribution in [0.3, 0.4) is 0 Å². The van der Waals surface area contributed by atoms with Crippen molar-refractivity contribution in [3.8, 4) is 40.1 Å². The zero-order valence-corrected chi connectivity index (χ0v) is 17.5. The topological polar surface area (TPSA) is 179 Å². The fraction of sp³-hybridized carbons (Fsp3) is 0.318. The summed E-state index contributed by atoms with van der Waals surface area (Å²) in [6.07, 6.45) is -6.69. The standard InChI is InChI=1S/C22H22O11/c1-8-16(25)18(27)20(29)22(31-8)32-10-6-12(24)15-14(7-10)33-21(19(28)17(15)26)9-3-4-11(23)13(5-9)30-2/h3-8,16,18,20,22-25,27-29H,1-2H3. The number of aliphatic hydroxyl groups is 3. The maximum absolute atomic E-state index is 12.7. The normalized spacial score (nSPS) is 25.2. The Morgan fingerprint density at radius 1 is 0.939 bits per heavy atom. The van der Waals surface area contributed by atoms with E-state index in [0.717, 1.165) is 6.07 Å². The molecule has 33 heavy (non-hydrogen) atoms. The fourth-order valence-corrected chi connectivity index (χ4v) is 3.59. The third-order valence-electron chi connectivity index (χ3n) is 5.43. The molecule has 0 saturated carbocycles. The Labute approximate surface area is 186 Å². The number of methoxy groups -OCH3 is 1. The van der Waals surface area contributed by atoms with Crippen LogP contribution in [0.2, 0.25) is 0 Å². The number of rotatable bonds is 4. The van der Waals surface area contributed by atoms with Crippen LogP contribution in [-0.4, -0.2) is 68.5 Å². The summed E-state index contributed by atoms with van der Waals surface area (Å²) in [4.78, 5) is 12.7. The van der Waals surface area contributed by atoms with Crippen molar-refractivity contribution in [1.29, 1.82) is 0 Å². The van der Waals surface area contributed by atoms with Gasteiger partial charge in [-0.3, -0.25) is 4.79 Å². The summed E-state index contributed by atoms with van der Waals surface area (Å²) in [5, 5.41) is 60.2. The van der Waals surface area contributed by atoms with Gasteiger partial charge < -0.3 is 49.3 Å². The monoisotopic (exact) mass is 462 g/mol. The number of hydrogen-bond donors (Lipinski definition) is 6. The van der Waals surface area contributed by atoms with Crippen LogP contribution in [0, 0.1) is 0 Å². The van der Waals surface area contributed by atoms with E-state index >= 15 is 0 Å². The summed E-state index contributed by atoms with van der Waals surface area (Å²) in [7, 11) is 1.33. The van der Waals surface area contributed by atoms with Gasteiger partial charge in [-0.25, -0.2) is 0 Å². The third-order valence-corrected chi connectivity index (χ3v) is 5.43. The first kappa shape index (κ1) is 22.7. The minimum absolute atomic E-state index is 0.0767. The molecule has 4 rings (SSSR count). The van der Waals surface area contributed by atoms with Gasteiger partial charge in [-0.15, -0.1) is 0 Å². The summed E-state index contributed by atoms with van der Waals surface area (Å²) >= 11 is 0. The maximum atomic E-state index is 12.7. The molecule has 2 aromatic carbocycles. The molecule has 2 heterocycles. The number of phenols is 2. The number of aliphatic hydroxyl groups excluding tert-OH is 3. The Bertz CT molecular complexity index is 1250. The van der Waals surface area contributed by atoms with Crippen molar-refractivity contribution >= 4 is 11.0 Å². The van der Waals surface area contributed by atoms with Crippen LogP contribution < -0.4 is 14.9 Å². The van der Waals surface area contributed by atoms with Crippen molar-refractivity contribution in [2.75, 3.05) is 7.11 Å². The minimum Gasteiger partial charge on any atom is -0.507 e. The molecule has 1 aromatic heterocycles. The number of hydrogen-bond acceptors (Lipinski definition) is 11. The second-order valence-electron chi connectivity index (χ2n) is 7.61. The molecule has 0 aliphatic carbocycles. The molecular weight excluding hydrogens is 440 g/mol. The van der Waals surface area contributed by atoms with E-state index < -0.39 is 47.6 Å². The van der Waals surface area contributed by atoms with E-state index in [1.807, 2.05) is 0 Å². The molecule has 0 bridgehead atoms. The average molecular weight is 462 g/mol. The lowest BCUT2D eigenvalue weighted by atomic mass is 10.00. The van der Waals surface area contributed by atoms with Gasteiger partial charge in [-0.05, 0) is 25.1 Å². The van der Waals surface area contributed by atoms with E-state index in [4.69, 9.17) is 18.6 Å². The van der Waals surface area contributed by atoms with E-state index in [2.05, 4.69) is 0 Å². The van der Waals surface area contributed by atoms with Crippen LogP contribution in [0.1, 0.15) is 6.92 Å². The minimum atomic E-state index is -1.60. The molecule has 176 valence electrons. The van der Waals surface area contributed by atoms with Crippen molar-refractivity contribution in [2.45, 2.75) is 37.6 Å². The molecule has 1 fully saturated rings. The van der Waals surface area contributed by atoms with E-state index in [0.29, 0.717) is 0 Å². The highest BCUT2D eigenvalue weighted by atomic mass is 16.7. The summed E-state index contributed by atoms with van der Waals surface area (Å²) < 4.78 is 21.6. The van der Waals surface area contributed by atoms with Gasteiger partial charge in [-0.2, -0.15) is 0 Å². The molecule has 3 aromatic rings. The van der Waals surface area contributed by atoms with Crippen LogP contribution in [0.4, 0.5) is 0 Å². The molecule has 5 unspecified atom stereocenters. The molecule has 5 atom stereocenters. The fourth-order valence-electron chi connectivity index (χ4n) is 3.59. The van der Waals surface area contributed by atoms with Crippen molar-refractivity contribution < 1.29 is 49.3 Å². The molecular formula is C22H22O11.